The Balaban J connectivity index is 1.68. The van der Waals surface area contributed by atoms with E-state index in [0.717, 1.165) is 10.9 Å². The summed E-state index contributed by atoms with van der Waals surface area (Å²) >= 11 is 1.27. The van der Waals surface area contributed by atoms with Crippen molar-refractivity contribution in [1.82, 2.24) is 24.6 Å². The second-order valence-electron chi connectivity index (χ2n) is 6.86. The molecule has 0 saturated heterocycles. The molecule has 3 heterocycles. The Morgan fingerprint density at radius 2 is 1.83 bits per heavy atom. The van der Waals surface area contributed by atoms with E-state index in [1.165, 1.54) is 11.8 Å². The maximum atomic E-state index is 13.1. The lowest BCUT2D eigenvalue weighted by Gasteiger charge is -2.07. The van der Waals surface area contributed by atoms with E-state index in [-0.39, 0.29) is 18.1 Å². The van der Waals surface area contributed by atoms with E-state index >= 15 is 0 Å². The molecule has 3 aromatic heterocycles. The molecule has 0 aliphatic carbocycles. The third-order valence-electron chi connectivity index (χ3n) is 4.72. The fourth-order valence-electron chi connectivity index (χ4n) is 3.52. The average molecular weight is 423 g/mol. The molecule has 9 heteroatoms. The number of H-pyrrole nitrogens is 1. The number of rotatable bonds is 6. The van der Waals surface area contributed by atoms with Crippen molar-refractivity contribution in [2.45, 2.75) is 32.9 Å². The van der Waals surface area contributed by atoms with E-state index in [1.54, 1.807) is 25.3 Å². The molecule has 30 heavy (non-hydrogen) atoms. The van der Waals surface area contributed by atoms with Crippen LogP contribution in [0.2, 0.25) is 0 Å². The average Bonchev–Trinajstić information content (AvgIpc) is 3.25. The monoisotopic (exact) mass is 423 g/mol. The van der Waals surface area contributed by atoms with Crippen LogP contribution in [0.15, 0.2) is 29.4 Å². The molecule has 4 rings (SSSR count). The third-order valence-corrected chi connectivity index (χ3v) is 5.65. The van der Waals surface area contributed by atoms with Crippen LogP contribution in [-0.4, -0.2) is 48.7 Å². The van der Waals surface area contributed by atoms with Gasteiger partial charge in [0.15, 0.2) is 16.6 Å². The first-order valence-electron chi connectivity index (χ1n) is 9.55. The minimum atomic E-state index is -0.495. The van der Waals surface area contributed by atoms with Gasteiger partial charge in [-0.3, -0.25) is 4.79 Å². The number of nitrogens with zero attached hydrogens (tertiary/aromatic N) is 4. The van der Waals surface area contributed by atoms with E-state index in [9.17, 15) is 9.59 Å². The second-order valence-corrected chi connectivity index (χ2v) is 7.81. The quantitative estimate of drug-likeness (QED) is 0.218. The van der Waals surface area contributed by atoms with Gasteiger partial charge in [-0.2, -0.15) is 4.52 Å². The molecule has 1 N–H and O–H groups in total. The van der Waals surface area contributed by atoms with E-state index in [2.05, 4.69) is 20.1 Å². The smallest absolute Gasteiger partial charge is 0.340 e. The number of ketones is 1. The topological polar surface area (TPSA) is 102 Å². The van der Waals surface area contributed by atoms with Crippen LogP contribution in [0.5, 0.6) is 0 Å². The number of ether oxygens (including phenoxy) is 1. The first kappa shape index (κ1) is 20.1. The van der Waals surface area contributed by atoms with Crippen LogP contribution in [0.3, 0.4) is 0 Å². The maximum absolute atomic E-state index is 13.1. The van der Waals surface area contributed by atoms with Gasteiger partial charge in [-0.15, -0.1) is 5.10 Å². The number of esters is 1. The van der Waals surface area contributed by atoms with E-state index in [4.69, 9.17) is 4.74 Å². The predicted molar refractivity (Wildman–Crippen MR) is 114 cm³/mol. The highest BCUT2D eigenvalue weighted by Gasteiger charge is 2.25. The van der Waals surface area contributed by atoms with Crippen LogP contribution in [0.4, 0.5) is 0 Å². The summed E-state index contributed by atoms with van der Waals surface area (Å²) in [5.41, 5.74) is 3.42. The van der Waals surface area contributed by atoms with Gasteiger partial charge in [-0.25, -0.2) is 14.8 Å². The first-order chi connectivity index (χ1) is 14.4. The molecular weight excluding hydrogens is 402 g/mol. The van der Waals surface area contributed by atoms with Gasteiger partial charge in [0.05, 0.1) is 29.0 Å². The van der Waals surface area contributed by atoms with Gasteiger partial charge in [0, 0.05) is 16.8 Å². The van der Waals surface area contributed by atoms with Gasteiger partial charge in [0.25, 0.3) is 0 Å². The molecular formula is C21H21N5O3S. The number of nitrogens with one attached hydrogen (secondary N) is 1. The highest BCUT2D eigenvalue weighted by molar-refractivity contribution is 7.99. The number of carbonyl (C=O) groups is 2. The van der Waals surface area contributed by atoms with Crippen LogP contribution in [0.25, 0.3) is 16.6 Å². The summed E-state index contributed by atoms with van der Waals surface area (Å²) in [7, 11) is 0. The number of para-hydroxylation sites is 1. The summed E-state index contributed by atoms with van der Waals surface area (Å²) in [5.74, 6) is 0.0582. The van der Waals surface area contributed by atoms with Crippen molar-refractivity contribution in [3.8, 4) is 0 Å². The van der Waals surface area contributed by atoms with Crippen molar-refractivity contribution in [3.05, 3.63) is 52.6 Å². The summed E-state index contributed by atoms with van der Waals surface area (Å²) in [5, 5.41) is 5.90. The summed E-state index contributed by atoms with van der Waals surface area (Å²) in [6.07, 6.45) is 0. The van der Waals surface area contributed by atoms with Crippen molar-refractivity contribution in [2.24, 2.45) is 0 Å². The second kappa shape index (κ2) is 7.91. The molecule has 0 fully saturated rings. The minimum absolute atomic E-state index is 0.101. The molecule has 8 nitrogen and oxygen atoms in total. The van der Waals surface area contributed by atoms with Crippen LogP contribution >= 0.6 is 11.8 Å². The third kappa shape index (κ3) is 3.45. The SMILES string of the molecule is CCOC(=O)c1c(C)[nH]c(C)c1C(=O)CSc1nc2ccccc2c2nc(C)nn12. The minimum Gasteiger partial charge on any atom is -0.462 e. The highest BCUT2D eigenvalue weighted by Crippen LogP contribution is 2.26. The molecule has 1 aromatic carbocycles. The Morgan fingerprint density at radius 1 is 1.10 bits per heavy atom. The molecule has 0 aliphatic rings. The molecule has 0 bridgehead atoms. The normalized spacial score (nSPS) is 11.3. The largest absolute Gasteiger partial charge is 0.462 e. The van der Waals surface area contributed by atoms with Crippen LogP contribution < -0.4 is 0 Å². The molecule has 4 aromatic rings. The lowest BCUT2D eigenvalue weighted by atomic mass is 10.1. The summed E-state index contributed by atoms with van der Waals surface area (Å²) in [6, 6.07) is 7.69. The molecule has 0 unspecified atom stereocenters. The maximum Gasteiger partial charge on any atom is 0.340 e. The zero-order chi connectivity index (χ0) is 21.4. The van der Waals surface area contributed by atoms with Crippen LogP contribution in [0, 0.1) is 20.8 Å². The number of carbonyl (C=O) groups excluding carboxylic acids is 2. The number of aromatic nitrogens is 5. The first-order valence-corrected chi connectivity index (χ1v) is 10.5. The highest BCUT2D eigenvalue weighted by atomic mass is 32.2. The Bertz CT molecular complexity index is 1290. The summed E-state index contributed by atoms with van der Waals surface area (Å²) in [4.78, 5) is 37.7. The molecule has 0 spiro atoms. The standard InChI is InChI=1S/C21H21N5O3S/c1-5-29-20(28)18-12(3)22-11(2)17(18)16(27)10-30-21-24-15-9-7-6-8-14(15)19-23-13(4)25-26(19)21/h6-9,22H,5,10H2,1-4H3. The van der Waals surface area contributed by atoms with Crippen LogP contribution in [0.1, 0.15) is 44.9 Å². The van der Waals surface area contributed by atoms with Crippen molar-refractivity contribution < 1.29 is 14.3 Å². The molecule has 0 atom stereocenters. The lowest BCUT2D eigenvalue weighted by molar-refractivity contribution is 0.0522. The number of fused-ring (bicyclic) bond motifs is 3. The molecule has 154 valence electrons. The Hall–Kier alpha value is -3.20. The molecule has 0 aliphatic heterocycles. The molecule has 0 saturated carbocycles. The van der Waals surface area contributed by atoms with Gasteiger partial charge >= 0.3 is 5.97 Å². The van der Waals surface area contributed by atoms with E-state index in [1.807, 2.05) is 31.2 Å². The van der Waals surface area contributed by atoms with Crippen molar-refractivity contribution >= 4 is 40.1 Å². The zero-order valence-corrected chi connectivity index (χ0v) is 18.0. The van der Waals surface area contributed by atoms with Gasteiger partial charge in [0.2, 0.25) is 0 Å². The van der Waals surface area contributed by atoms with Gasteiger partial charge in [-0.05, 0) is 39.8 Å². The number of Topliss-reactive ketones (excluding diaryl/α,β-unsaturated/α-hetero) is 1. The van der Waals surface area contributed by atoms with E-state index in [0.29, 0.717) is 39.1 Å². The fraction of sp³-hybridized carbons (Fsp3) is 0.286. The number of hydrogen-bond acceptors (Lipinski definition) is 7. The zero-order valence-electron chi connectivity index (χ0n) is 17.1. The molecule has 0 amide bonds. The van der Waals surface area contributed by atoms with Crippen molar-refractivity contribution in [1.29, 1.82) is 0 Å². The number of aromatic amines is 1. The van der Waals surface area contributed by atoms with Gasteiger partial charge in [-0.1, -0.05) is 23.9 Å². The van der Waals surface area contributed by atoms with E-state index < -0.39 is 5.97 Å². The number of hydrogen-bond donors (Lipinski definition) is 1. The summed E-state index contributed by atoms with van der Waals surface area (Å²) < 4.78 is 6.80. The Morgan fingerprint density at radius 3 is 2.60 bits per heavy atom. The number of benzene rings is 1. The van der Waals surface area contributed by atoms with Crippen molar-refractivity contribution in [3.63, 3.8) is 0 Å². The Kier molecular flexibility index (Phi) is 5.29. The number of thioether (sulfide) groups is 1. The summed E-state index contributed by atoms with van der Waals surface area (Å²) in [6.45, 7) is 7.34. The van der Waals surface area contributed by atoms with Gasteiger partial charge in [0.1, 0.15) is 5.82 Å². The predicted octanol–water partition coefficient (Wildman–Crippen LogP) is 3.68. The van der Waals surface area contributed by atoms with Crippen LogP contribution in [-0.2, 0) is 4.74 Å². The van der Waals surface area contributed by atoms with Crippen molar-refractivity contribution in [2.75, 3.05) is 12.4 Å². The number of aryl methyl sites for hydroxylation is 3. The molecule has 0 radical (unpaired) electrons. The van der Waals surface area contributed by atoms with Gasteiger partial charge < -0.3 is 9.72 Å². The Labute approximate surface area is 177 Å². The fourth-order valence-corrected chi connectivity index (χ4v) is 4.33. The lowest BCUT2D eigenvalue weighted by Crippen LogP contribution is -2.13.